The fourth-order valence-corrected chi connectivity index (χ4v) is 1.83. The second-order valence-electron chi connectivity index (χ2n) is 3.93. The highest BCUT2D eigenvalue weighted by molar-refractivity contribution is 5.65. The van der Waals surface area contributed by atoms with Crippen molar-refractivity contribution in [2.24, 2.45) is 0 Å². The van der Waals surface area contributed by atoms with Gasteiger partial charge in [-0.15, -0.1) is 0 Å². The lowest BCUT2D eigenvalue weighted by Gasteiger charge is -2.24. The number of nitrogens with two attached hydrogens (primary N) is 1. The maximum atomic E-state index is 5.97. The summed E-state index contributed by atoms with van der Waals surface area (Å²) in [6, 6.07) is 12.2. The molecule has 0 saturated carbocycles. The maximum Gasteiger partial charge on any atom is 0.0789 e. The Balaban J connectivity index is 2.21. The fourth-order valence-electron chi connectivity index (χ4n) is 1.83. The molecule has 1 aromatic carbocycles. The Labute approximate surface area is 102 Å². The smallest absolute Gasteiger partial charge is 0.0789 e. The van der Waals surface area contributed by atoms with Crippen molar-refractivity contribution < 1.29 is 0 Å². The number of nitrogen functional groups attached to an aromatic ring is 1. The number of hydrogen-bond donors (Lipinski definition) is 1. The first-order valence-corrected chi connectivity index (χ1v) is 5.79. The molecule has 1 aromatic heterocycles. The van der Waals surface area contributed by atoms with Crippen molar-refractivity contribution in [1.82, 2.24) is 4.98 Å². The second kappa shape index (κ2) is 5.34. The Hall–Kier alpha value is -2.03. The van der Waals surface area contributed by atoms with Gasteiger partial charge in [0.1, 0.15) is 0 Å². The second-order valence-corrected chi connectivity index (χ2v) is 3.93. The summed E-state index contributed by atoms with van der Waals surface area (Å²) in [5.74, 6) is 0. The van der Waals surface area contributed by atoms with Crippen molar-refractivity contribution in [3.63, 3.8) is 0 Å². The van der Waals surface area contributed by atoms with E-state index in [0.29, 0.717) is 0 Å². The summed E-state index contributed by atoms with van der Waals surface area (Å²) in [6.07, 6.45) is 3.54. The molecule has 0 amide bonds. The third-order valence-electron chi connectivity index (χ3n) is 2.77. The van der Waals surface area contributed by atoms with Gasteiger partial charge in [0.2, 0.25) is 0 Å². The van der Waals surface area contributed by atoms with E-state index in [1.165, 1.54) is 5.56 Å². The predicted octanol–water partition coefficient (Wildman–Crippen LogP) is 2.69. The van der Waals surface area contributed by atoms with Crippen LogP contribution in [-0.4, -0.2) is 11.5 Å². The van der Waals surface area contributed by atoms with Crippen LogP contribution in [0.1, 0.15) is 12.5 Å². The van der Waals surface area contributed by atoms with Crippen molar-refractivity contribution in [2.45, 2.75) is 13.5 Å². The molecule has 3 heteroatoms. The largest absolute Gasteiger partial charge is 0.397 e. The molecule has 1 heterocycles. The molecule has 0 spiro atoms. The summed E-state index contributed by atoms with van der Waals surface area (Å²) in [4.78, 5) is 6.35. The summed E-state index contributed by atoms with van der Waals surface area (Å²) < 4.78 is 0. The topological polar surface area (TPSA) is 42.2 Å². The van der Waals surface area contributed by atoms with Crippen LogP contribution in [0.2, 0.25) is 0 Å². The Bertz CT molecular complexity index is 468. The molecule has 0 saturated heterocycles. The van der Waals surface area contributed by atoms with Crippen LogP contribution in [0.5, 0.6) is 0 Å². The van der Waals surface area contributed by atoms with Gasteiger partial charge in [0.25, 0.3) is 0 Å². The van der Waals surface area contributed by atoms with Gasteiger partial charge in [-0.25, -0.2) is 0 Å². The van der Waals surface area contributed by atoms with E-state index >= 15 is 0 Å². The van der Waals surface area contributed by atoms with E-state index in [9.17, 15) is 0 Å². The minimum Gasteiger partial charge on any atom is -0.397 e. The van der Waals surface area contributed by atoms with E-state index in [4.69, 9.17) is 5.73 Å². The van der Waals surface area contributed by atoms with Gasteiger partial charge in [-0.2, -0.15) is 0 Å². The average Bonchev–Trinajstić information content (AvgIpc) is 2.38. The molecule has 2 N–H and O–H groups in total. The fraction of sp³-hybridized carbons (Fsp3) is 0.214. The minimum absolute atomic E-state index is 0.776. The molecule has 0 aliphatic heterocycles. The van der Waals surface area contributed by atoms with E-state index in [2.05, 4.69) is 41.1 Å². The molecule has 0 aliphatic rings. The Morgan fingerprint density at radius 2 is 1.94 bits per heavy atom. The van der Waals surface area contributed by atoms with Crippen LogP contribution in [0.3, 0.4) is 0 Å². The molecule has 0 radical (unpaired) electrons. The number of pyridine rings is 1. The van der Waals surface area contributed by atoms with Crippen molar-refractivity contribution in [2.75, 3.05) is 17.2 Å². The van der Waals surface area contributed by atoms with Crippen molar-refractivity contribution in [1.29, 1.82) is 0 Å². The third kappa shape index (κ3) is 2.75. The van der Waals surface area contributed by atoms with Crippen LogP contribution in [0, 0.1) is 0 Å². The molecule has 0 fully saturated rings. The van der Waals surface area contributed by atoms with Crippen LogP contribution < -0.4 is 10.6 Å². The van der Waals surface area contributed by atoms with Gasteiger partial charge in [-0.1, -0.05) is 30.3 Å². The standard InChI is InChI=1S/C14H17N3/c1-2-17(11-12-6-4-3-5-7-12)14-10-16-9-8-13(14)15/h3-10H,2,11H2,1H3,(H2,15,16). The number of anilines is 2. The predicted molar refractivity (Wildman–Crippen MR) is 71.8 cm³/mol. The first kappa shape index (κ1) is 11.5. The van der Waals surface area contributed by atoms with Crippen LogP contribution in [0.4, 0.5) is 11.4 Å². The zero-order chi connectivity index (χ0) is 12.1. The molecule has 88 valence electrons. The first-order chi connectivity index (χ1) is 8.31. The lowest BCUT2D eigenvalue weighted by molar-refractivity contribution is 0.830. The number of aromatic nitrogens is 1. The normalized spacial score (nSPS) is 10.2. The van der Waals surface area contributed by atoms with E-state index in [-0.39, 0.29) is 0 Å². The summed E-state index contributed by atoms with van der Waals surface area (Å²) >= 11 is 0. The highest BCUT2D eigenvalue weighted by atomic mass is 15.1. The molecule has 0 atom stereocenters. The summed E-state index contributed by atoms with van der Waals surface area (Å²) in [6.45, 7) is 3.88. The highest BCUT2D eigenvalue weighted by Crippen LogP contribution is 2.22. The number of rotatable bonds is 4. The molecule has 0 bridgehead atoms. The van der Waals surface area contributed by atoms with E-state index in [0.717, 1.165) is 24.5 Å². The molecule has 3 nitrogen and oxygen atoms in total. The third-order valence-corrected chi connectivity index (χ3v) is 2.77. The highest BCUT2D eigenvalue weighted by Gasteiger charge is 2.08. The molecular weight excluding hydrogens is 210 g/mol. The average molecular weight is 227 g/mol. The van der Waals surface area contributed by atoms with E-state index in [1.807, 2.05) is 18.3 Å². The van der Waals surface area contributed by atoms with Crippen LogP contribution in [0.15, 0.2) is 48.8 Å². The van der Waals surface area contributed by atoms with E-state index in [1.54, 1.807) is 6.20 Å². The van der Waals surface area contributed by atoms with Gasteiger partial charge in [-0.3, -0.25) is 4.98 Å². The van der Waals surface area contributed by atoms with Crippen LogP contribution in [0.25, 0.3) is 0 Å². The summed E-state index contributed by atoms with van der Waals surface area (Å²) in [5.41, 5.74) is 9.02. The number of nitrogens with zero attached hydrogens (tertiary/aromatic N) is 2. The van der Waals surface area contributed by atoms with Crippen molar-refractivity contribution in [3.8, 4) is 0 Å². The van der Waals surface area contributed by atoms with Crippen LogP contribution in [-0.2, 0) is 6.54 Å². The molecule has 0 aliphatic carbocycles. The van der Waals surface area contributed by atoms with Crippen molar-refractivity contribution >= 4 is 11.4 Å². The SMILES string of the molecule is CCN(Cc1ccccc1)c1cnccc1N. The van der Waals surface area contributed by atoms with Gasteiger partial charge in [0.15, 0.2) is 0 Å². The van der Waals surface area contributed by atoms with Gasteiger partial charge in [-0.05, 0) is 18.6 Å². The monoisotopic (exact) mass is 227 g/mol. The van der Waals surface area contributed by atoms with Crippen molar-refractivity contribution in [3.05, 3.63) is 54.4 Å². The maximum absolute atomic E-state index is 5.97. The quantitative estimate of drug-likeness (QED) is 0.873. The molecule has 0 unspecified atom stereocenters. The number of hydrogen-bond acceptors (Lipinski definition) is 3. The Kier molecular flexibility index (Phi) is 3.60. The van der Waals surface area contributed by atoms with Gasteiger partial charge < -0.3 is 10.6 Å². The molecule has 17 heavy (non-hydrogen) atoms. The van der Waals surface area contributed by atoms with Gasteiger partial charge in [0, 0.05) is 19.3 Å². The minimum atomic E-state index is 0.776. The molecule has 2 rings (SSSR count). The molecular formula is C14H17N3. The zero-order valence-corrected chi connectivity index (χ0v) is 10.0. The summed E-state index contributed by atoms with van der Waals surface area (Å²) in [5, 5.41) is 0. The Morgan fingerprint density at radius 3 is 2.59 bits per heavy atom. The zero-order valence-electron chi connectivity index (χ0n) is 10.0. The lowest BCUT2D eigenvalue weighted by atomic mass is 10.2. The van der Waals surface area contributed by atoms with Gasteiger partial charge in [0.05, 0.1) is 17.6 Å². The summed E-state index contributed by atoms with van der Waals surface area (Å²) in [7, 11) is 0. The van der Waals surface area contributed by atoms with Crippen LogP contribution >= 0.6 is 0 Å². The van der Waals surface area contributed by atoms with Gasteiger partial charge >= 0.3 is 0 Å². The number of benzene rings is 1. The molecule has 2 aromatic rings. The Morgan fingerprint density at radius 1 is 1.18 bits per heavy atom. The van der Waals surface area contributed by atoms with E-state index < -0.39 is 0 Å². The first-order valence-electron chi connectivity index (χ1n) is 5.79. The lowest BCUT2D eigenvalue weighted by Crippen LogP contribution is -2.23.